The molecule has 0 bridgehead atoms. The standard InChI is InChI=1S/C9H11N3O/c1-13-9-3-8-6(2-7(9)10)4-11-5-12-8/h2-3,5H,4,10H2,1H3,(H,11,12). The Hall–Kier alpha value is -1.71. The third-order valence-corrected chi connectivity index (χ3v) is 2.03. The van der Waals surface area contributed by atoms with Gasteiger partial charge in [-0.05, 0) is 11.6 Å². The van der Waals surface area contributed by atoms with E-state index in [9.17, 15) is 0 Å². The number of nitrogens with one attached hydrogen (secondary N) is 1. The summed E-state index contributed by atoms with van der Waals surface area (Å²) >= 11 is 0. The number of aliphatic imine (C=N–C) groups is 1. The first-order valence-electron chi connectivity index (χ1n) is 4.02. The van der Waals surface area contributed by atoms with Gasteiger partial charge >= 0.3 is 0 Å². The molecule has 0 amide bonds. The number of nitrogens with two attached hydrogens (primary N) is 1. The van der Waals surface area contributed by atoms with Gasteiger partial charge in [0.05, 0.1) is 25.7 Å². The quantitative estimate of drug-likeness (QED) is 0.634. The third kappa shape index (κ3) is 1.30. The second-order valence-corrected chi connectivity index (χ2v) is 2.87. The molecule has 0 unspecified atom stereocenters. The first-order chi connectivity index (χ1) is 6.31. The number of hydrogen-bond acceptors (Lipinski definition) is 4. The van der Waals surface area contributed by atoms with E-state index in [1.54, 1.807) is 13.4 Å². The van der Waals surface area contributed by atoms with Crippen LogP contribution in [0.25, 0.3) is 0 Å². The molecular formula is C9H11N3O. The molecule has 1 heterocycles. The normalized spacial score (nSPS) is 13.3. The van der Waals surface area contributed by atoms with Crippen molar-refractivity contribution in [2.45, 2.75) is 6.54 Å². The number of methoxy groups -OCH3 is 1. The molecule has 4 nitrogen and oxygen atoms in total. The average Bonchev–Trinajstić information content (AvgIpc) is 2.17. The van der Waals surface area contributed by atoms with Gasteiger partial charge < -0.3 is 15.8 Å². The molecule has 13 heavy (non-hydrogen) atoms. The van der Waals surface area contributed by atoms with Crippen molar-refractivity contribution in [3.63, 3.8) is 0 Å². The second-order valence-electron chi connectivity index (χ2n) is 2.87. The zero-order valence-electron chi connectivity index (χ0n) is 7.37. The van der Waals surface area contributed by atoms with Crippen LogP contribution in [0.15, 0.2) is 17.1 Å². The first kappa shape index (κ1) is 7.91. The molecule has 0 radical (unpaired) electrons. The van der Waals surface area contributed by atoms with Gasteiger partial charge in [0.15, 0.2) is 0 Å². The lowest BCUT2D eigenvalue weighted by Crippen LogP contribution is -2.06. The molecule has 68 valence electrons. The molecule has 0 spiro atoms. The van der Waals surface area contributed by atoms with E-state index in [0.717, 1.165) is 11.3 Å². The van der Waals surface area contributed by atoms with Gasteiger partial charge in [-0.25, -0.2) is 0 Å². The fraction of sp³-hybridized carbons (Fsp3) is 0.222. The Labute approximate surface area is 76.4 Å². The van der Waals surface area contributed by atoms with Crippen molar-refractivity contribution in [3.8, 4) is 5.75 Å². The Bertz CT molecular complexity index is 360. The summed E-state index contributed by atoms with van der Waals surface area (Å²) in [5.41, 5.74) is 8.52. The summed E-state index contributed by atoms with van der Waals surface area (Å²) in [5, 5.41) is 3.04. The van der Waals surface area contributed by atoms with E-state index in [2.05, 4.69) is 10.3 Å². The molecule has 0 aromatic heterocycles. The minimum absolute atomic E-state index is 0.653. The Morgan fingerprint density at radius 3 is 3.15 bits per heavy atom. The number of nitrogens with zero attached hydrogens (tertiary/aromatic N) is 1. The number of benzene rings is 1. The van der Waals surface area contributed by atoms with Crippen LogP contribution in [0.4, 0.5) is 11.4 Å². The van der Waals surface area contributed by atoms with Crippen molar-refractivity contribution < 1.29 is 4.74 Å². The van der Waals surface area contributed by atoms with E-state index in [1.807, 2.05) is 12.1 Å². The van der Waals surface area contributed by atoms with Crippen molar-refractivity contribution in [1.82, 2.24) is 0 Å². The molecule has 0 aliphatic carbocycles. The molecule has 1 aliphatic heterocycles. The zero-order valence-corrected chi connectivity index (χ0v) is 7.37. The highest BCUT2D eigenvalue weighted by Crippen LogP contribution is 2.30. The van der Waals surface area contributed by atoms with Gasteiger partial charge in [-0.3, -0.25) is 4.99 Å². The van der Waals surface area contributed by atoms with Crippen LogP contribution in [-0.2, 0) is 6.54 Å². The Kier molecular flexibility index (Phi) is 1.81. The number of fused-ring (bicyclic) bond motifs is 1. The van der Waals surface area contributed by atoms with Gasteiger partial charge in [0, 0.05) is 11.8 Å². The van der Waals surface area contributed by atoms with Crippen molar-refractivity contribution in [2.24, 2.45) is 4.99 Å². The van der Waals surface area contributed by atoms with Gasteiger partial charge in [-0.2, -0.15) is 0 Å². The lowest BCUT2D eigenvalue weighted by atomic mass is 10.1. The Morgan fingerprint density at radius 1 is 1.54 bits per heavy atom. The molecule has 0 atom stereocenters. The second kappa shape index (κ2) is 2.97. The van der Waals surface area contributed by atoms with Gasteiger partial charge in [-0.1, -0.05) is 0 Å². The van der Waals surface area contributed by atoms with Crippen molar-refractivity contribution in [3.05, 3.63) is 17.7 Å². The van der Waals surface area contributed by atoms with Crippen LogP contribution in [0.3, 0.4) is 0 Å². The summed E-state index contributed by atoms with van der Waals surface area (Å²) in [6.07, 6.45) is 1.68. The van der Waals surface area contributed by atoms with E-state index in [-0.39, 0.29) is 0 Å². The molecule has 0 fully saturated rings. The summed E-state index contributed by atoms with van der Waals surface area (Å²) < 4.78 is 5.10. The van der Waals surface area contributed by atoms with Gasteiger partial charge in [0.1, 0.15) is 5.75 Å². The summed E-state index contributed by atoms with van der Waals surface area (Å²) in [5.74, 6) is 0.696. The smallest absolute Gasteiger partial charge is 0.143 e. The van der Waals surface area contributed by atoms with Crippen LogP contribution in [0, 0.1) is 0 Å². The third-order valence-electron chi connectivity index (χ3n) is 2.03. The van der Waals surface area contributed by atoms with Crippen LogP contribution in [0.1, 0.15) is 5.56 Å². The summed E-state index contributed by atoms with van der Waals surface area (Å²) in [4.78, 5) is 4.08. The molecule has 1 aliphatic rings. The highest BCUT2D eigenvalue weighted by Gasteiger charge is 2.09. The predicted octanol–water partition coefficient (Wildman–Crippen LogP) is 1.23. The molecule has 1 aromatic rings. The Morgan fingerprint density at radius 2 is 2.38 bits per heavy atom. The first-order valence-corrected chi connectivity index (χ1v) is 4.02. The molecular weight excluding hydrogens is 166 g/mol. The molecule has 0 saturated heterocycles. The molecule has 0 saturated carbocycles. The topological polar surface area (TPSA) is 59.6 Å². The number of ether oxygens (including phenoxy) is 1. The minimum Gasteiger partial charge on any atom is -0.495 e. The number of hydrogen-bond donors (Lipinski definition) is 2. The van der Waals surface area contributed by atoms with E-state index >= 15 is 0 Å². The van der Waals surface area contributed by atoms with Crippen molar-refractivity contribution >= 4 is 17.7 Å². The fourth-order valence-electron chi connectivity index (χ4n) is 1.34. The van der Waals surface area contributed by atoms with Crippen LogP contribution in [-0.4, -0.2) is 13.4 Å². The lowest BCUT2D eigenvalue weighted by molar-refractivity contribution is 0.417. The van der Waals surface area contributed by atoms with Gasteiger partial charge in [0.25, 0.3) is 0 Å². The summed E-state index contributed by atoms with van der Waals surface area (Å²) in [6.45, 7) is 0.677. The fourth-order valence-corrected chi connectivity index (χ4v) is 1.34. The molecule has 4 heteroatoms. The molecule has 3 N–H and O–H groups in total. The molecule has 2 rings (SSSR count). The van der Waals surface area contributed by atoms with Crippen molar-refractivity contribution in [2.75, 3.05) is 18.2 Å². The monoisotopic (exact) mass is 177 g/mol. The average molecular weight is 177 g/mol. The zero-order chi connectivity index (χ0) is 9.26. The maximum absolute atomic E-state index is 5.75. The SMILES string of the molecule is COc1cc2c(cc1N)CN=CN2. The van der Waals surface area contributed by atoms with E-state index in [4.69, 9.17) is 10.5 Å². The highest BCUT2D eigenvalue weighted by atomic mass is 16.5. The molecule has 1 aromatic carbocycles. The highest BCUT2D eigenvalue weighted by molar-refractivity contribution is 5.82. The van der Waals surface area contributed by atoms with Gasteiger partial charge in [0.2, 0.25) is 0 Å². The van der Waals surface area contributed by atoms with Crippen LogP contribution >= 0.6 is 0 Å². The van der Waals surface area contributed by atoms with E-state index in [1.165, 1.54) is 0 Å². The van der Waals surface area contributed by atoms with Crippen LogP contribution in [0.2, 0.25) is 0 Å². The Balaban J connectivity index is 2.48. The number of anilines is 2. The summed E-state index contributed by atoms with van der Waals surface area (Å²) in [6, 6.07) is 3.77. The van der Waals surface area contributed by atoms with Crippen LogP contribution < -0.4 is 15.8 Å². The number of rotatable bonds is 1. The number of nitrogen functional groups attached to an aromatic ring is 1. The minimum atomic E-state index is 0.653. The van der Waals surface area contributed by atoms with Gasteiger partial charge in [-0.15, -0.1) is 0 Å². The maximum Gasteiger partial charge on any atom is 0.143 e. The predicted molar refractivity (Wildman–Crippen MR) is 53.2 cm³/mol. The summed E-state index contributed by atoms with van der Waals surface area (Å²) in [7, 11) is 1.61. The maximum atomic E-state index is 5.75. The van der Waals surface area contributed by atoms with Crippen molar-refractivity contribution in [1.29, 1.82) is 0 Å². The van der Waals surface area contributed by atoms with E-state index in [0.29, 0.717) is 18.0 Å². The lowest BCUT2D eigenvalue weighted by Gasteiger charge is -2.14. The van der Waals surface area contributed by atoms with Crippen LogP contribution in [0.5, 0.6) is 5.75 Å². The largest absolute Gasteiger partial charge is 0.495 e. The van der Waals surface area contributed by atoms with E-state index < -0.39 is 0 Å².